The highest BCUT2D eigenvalue weighted by Gasteiger charge is 2.20. The molecule has 0 aliphatic rings. The standard InChI is InChI=1S/C19H23N3OS.ClH/c1-11-8-16(13(3)24-11)12(2)22-19(23)17(20)9-14-10-21-18-7-5-4-6-15(14)18;/h4-8,10,12,17,21H,9,20H2,1-3H3,(H,22,23);1H/t12?,17-;/m0./s1. The van der Waals surface area contributed by atoms with Crippen molar-refractivity contribution < 1.29 is 4.79 Å². The largest absolute Gasteiger partial charge is 0.361 e. The van der Waals surface area contributed by atoms with Crippen LogP contribution in [0.25, 0.3) is 10.9 Å². The van der Waals surface area contributed by atoms with Crippen LogP contribution in [0.15, 0.2) is 36.5 Å². The molecule has 3 aromatic rings. The van der Waals surface area contributed by atoms with Gasteiger partial charge in [-0.05, 0) is 50.5 Å². The Morgan fingerprint density at radius 2 is 2.04 bits per heavy atom. The Morgan fingerprint density at radius 3 is 2.72 bits per heavy atom. The number of aromatic amines is 1. The first kappa shape index (κ1) is 19.5. The maximum atomic E-state index is 12.5. The number of para-hydroxylation sites is 1. The van der Waals surface area contributed by atoms with Gasteiger partial charge in [0.05, 0.1) is 12.1 Å². The van der Waals surface area contributed by atoms with Crippen LogP contribution in [0.5, 0.6) is 0 Å². The molecular formula is C19H24ClN3OS. The predicted molar refractivity (Wildman–Crippen MR) is 108 cm³/mol. The molecule has 1 unspecified atom stereocenters. The normalized spacial score (nSPS) is 13.3. The Labute approximate surface area is 158 Å². The van der Waals surface area contributed by atoms with E-state index < -0.39 is 6.04 Å². The molecule has 0 bridgehead atoms. The van der Waals surface area contributed by atoms with E-state index in [-0.39, 0.29) is 24.4 Å². The first-order valence-corrected chi connectivity index (χ1v) is 8.95. The van der Waals surface area contributed by atoms with Crippen LogP contribution in [0.1, 0.15) is 33.8 Å². The van der Waals surface area contributed by atoms with Crippen molar-refractivity contribution in [1.29, 1.82) is 0 Å². The van der Waals surface area contributed by atoms with Crippen molar-refractivity contribution in [2.45, 2.75) is 39.3 Å². The van der Waals surface area contributed by atoms with E-state index in [1.54, 1.807) is 11.3 Å². The van der Waals surface area contributed by atoms with Crippen molar-refractivity contribution in [2.24, 2.45) is 5.73 Å². The van der Waals surface area contributed by atoms with Gasteiger partial charge in [0, 0.05) is 26.9 Å². The molecule has 2 aromatic heterocycles. The molecule has 25 heavy (non-hydrogen) atoms. The van der Waals surface area contributed by atoms with Gasteiger partial charge in [0.2, 0.25) is 5.91 Å². The lowest BCUT2D eigenvalue weighted by molar-refractivity contribution is -0.123. The summed E-state index contributed by atoms with van der Waals surface area (Å²) < 4.78 is 0. The molecule has 0 spiro atoms. The first-order chi connectivity index (χ1) is 11.5. The number of fused-ring (bicyclic) bond motifs is 1. The van der Waals surface area contributed by atoms with E-state index in [2.05, 4.69) is 30.2 Å². The number of carbonyl (C=O) groups is 1. The average Bonchev–Trinajstić information content (AvgIpc) is 3.10. The fourth-order valence-electron chi connectivity index (χ4n) is 3.11. The van der Waals surface area contributed by atoms with E-state index in [4.69, 9.17) is 5.73 Å². The molecule has 4 nitrogen and oxygen atoms in total. The lowest BCUT2D eigenvalue weighted by Gasteiger charge is -2.17. The van der Waals surface area contributed by atoms with Gasteiger partial charge in [0.15, 0.2) is 0 Å². The third kappa shape index (κ3) is 4.24. The average molecular weight is 378 g/mol. The topological polar surface area (TPSA) is 70.9 Å². The van der Waals surface area contributed by atoms with Gasteiger partial charge >= 0.3 is 0 Å². The minimum absolute atomic E-state index is 0. The Kier molecular flexibility index (Phi) is 6.27. The Hall–Kier alpha value is -1.82. The lowest BCUT2D eigenvalue weighted by Crippen LogP contribution is -2.43. The summed E-state index contributed by atoms with van der Waals surface area (Å²) in [5.74, 6) is -0.115. The number of nitrogens with one attached hydrogen (secondary N) is 2. The monoisotopic (exact) mass is 377 g/mol. The van der Waals surface area contributed by atoms with E-state index in [1.165, 1.54) is 15.3 Å². The summed E-state index contributed by atoms with van der Waals surface area (Å²) in [7, 11) is 0. The maximum Gasteiger partial charge on any atom is 0.237 e. The molecule has 2 atom stereocenters. The van der Waals surface area contributed by atoms with Crippen LogP contribution >= 0.6 is 23.7 Å². The van der Waals surface area contributed by atoms with Crippen LogP contribution in [0.4, 0.5) is 0 Å². The fraction of sp³-hybridized carbons (Fsp3) is 0.316. The maximum absolute atomic E-state index is 12.5. The molecule has 2 heterocycles. The molecular weight excluding hydrogens is 354 g/mol. The quantitative estimate of drug-likeness (QED) is 0.628. The van der Waals surface area contributed by atoms with Gasteiger partial charge < -0.3 is 16.0 Å². The number of carbonyl (C=O) groups excluding carboxylic acids is 1. The number of benzene rings is 1. The zero-order valence-electron chi connectivity index (χ0n) is 14.6. The van der Waals surface area contributed by atoms with Gasteiger partial charge in [-0.3, -0.25) is 4.79 Å². The Morgan fingerprint density at radius 1 is 1.32 bits per heavy atom. The van der Waals surface area contributed by atoms with Crippen LogP contribution in [0, 0.1) is 13.8 Å². The molecule has 3 rings (SSSR count). The molecule has 4 N–H and O–H groups in total. The third-order valence-corrected chi connectivity index (χ3v) is 5.34. The number of H-pyrrole nitrogens is 1. The second-order valence-corrected chi connectivity index (χ2v) is 7.73. The number of thiophene rings is 1. The van der Waals surface area contributed by atoms with Crippen LogP contribution in [0.3, 0.4) is 0 Å². The number of aromatic nitrogens is 1. The first-order valence-electron chi connectivity index (χ1n) is 8.13. The van der Waals surface area contributed by atoms with E-state index in [0.717, 1.165) is 16.5 Å². The molecule has 0 radical (unpaired) electrons. The van der Waals surface area contributed by atoms with Gasteiger partial charge in [-0.1, -0.05) is 18.2 Å². The second-order valence-electron chi connectivity index (χ2n) is 6.27. The summed E-state index contributed by atoms with van der Waals surface area (Å²) >= 11 is 1.75. The SMILES string of the molecule is Cc1cc(C(C)NC(=O)[C@@H](N)Cc2c[nH]c3ccccc23)c(C)s1.Cl. The smallest absolute Gasteiger partial charge is 0.237 e. The van der Waals surface area contributed by atoms with Crippen molar-refractivity contribution in [3.05, 3.63) is 57.4 Å². The molecule has 1 aromatic carbocycles. The van der Waals surface area contributed by atoms with Crippen molar-refractivity contribution >= 4 is 40.6 Å². The summed E-state index contributed by atoms with van der Waals surface area (Å²) in [6.45, 7) is 6.17. The molecule has 0 fully saturated rings. The number of hydrogen-bond acceptors (Lipinski definition) is 3. The number of halogens is 1. The summed E-state index contributed by atoms with van der Waals surface area (Å²) in [5.41, 5.74) is 9.46. The number of rotatable bonds is 5. The molecule has 0 saturated heterocycles. The molecule has 6 heteroatoms. The Bertz CT molecular complexity index is 871. The molecule has 0 saturated carbocycles. The van der Waals surface area contributed by atoms with Crippen LogP contribution < -0.4 is 11.1 Å². The summed E-state index contributed by atoms with van der Waals surface area (Å²) in [6.07, 6.45) is 2.46. The third-order valence-electron chi connectivity index (χ3n) is 4.36. The van der Waals surface area contributed by atoms with E-state index >= 15 is 0 Å². The number of nitrogens with two attached hydrogens (primary N) is 1. The van der Waals surface area contributed by atoms with Crippen LogP contribution in [-0.2, 0) is 11.2 Å². The summed E-state index contributed by atoms with van der Waals surface area (Å²) in [5, 5.41) is 4.17. The summed E-state index contributed by atoms with van der Waals surface area (Å²) in [4.78, 5) is 18.2. The van der Waals surface area contributed by atoms with Crippen molar-refractivity contribution in [1.82, 2.24) is 10.3 Å². The zero-order valence-corrected chi connectivity index (χ0v) is 16.3. The molecule has 1 amide bonds. The molecule has 0 aliphatic heterocycles. The Balaban J connectivity index is 0.00000225. The number of amides is 1. The highest BCUT2D eigenvalue weighted by molar-refractivity contribution is 7.12. The van der Waals surface area contributed by atoms with E-state index in [1.807, 2.05) is 37.4 Å². The highest BCUT2D eigenvalue weighted by atomic mass is 35.5. The zero-order chi connectivity index (χ0) is 17.3. The minimum atomic E-state index is -0.563. The van der Waals surface area contributed by atoms with Crippen LogP contribution in [-0.4, -0.2) is 16.9 Å². The number of hydrogen-bond donors (Lipinski definition) is 3. The molecule has 0 aliphatic carbocycles. The predicted octanol–water partition coefficient (Wildman–Crippen LogP) is 4.02. The van der Waals surface area contributed by atoms with Gasteiger partial charge in [0.25, 0.3) is 0 Å². The van der Waals surface area contributed by atoms with Crippen molar-refractivity contribution in [3.8, 4) is 0 Å². The van der Waals surface area contributed by atoms with E-state index in [0.29, 0.717) is 6.42 Å². The lowest BCUT2D eigenvalue weighted by atomic mass is 10.0. The number of aryl methyl sites for hydroxylation is 2. The van der Waals surface area contributed by atoms with Gasteiger partial charge in [-0.2, -0.15) is 0 Å². The van der Waals surface area contributed by atoms with Crippen molar-refractivity contribution in [2.75, 3.05) is 0 Å². The minimum Gasteiger partial charge on any atom is -0.361 e. The van der Waals surface area contributed by atoms with Gasteiger partial charge in [0.1, 0.15) is 0 Å². The van der Waals surface area contributed by atoms with Crippen molar-refractivity contribution in [3.63, 3.8) is 0 Å². The summed E-state index contributed by atoms with van der Waals surface area (Å²) in [6, 6.07) is 9.59. The fourth-order valence-corrected chi connectivity index (χ4v) is 4.13. The second kappa shape index (κ2) is 8.04. The molecule has 134 valence electrons. The highest BCUT2D eigenvalue weighted by Crippen LogP contribution is 2.26. The van der Waals surface area contributed by atoms with Gasteiger partial charge in [-0.25, -0.2) is 0 Å². The van der Waals surface area contributed by atoms with Crippen LogP contribution in [0.2, 0.25) is 0 Å². The van der Waals surface area contributed by atoms with E-state index in [9.17, 15) is 4.79 Å². The van der Waals surface area contributed by atoms with Gasteiger partial charge in [-0.15, -0.1) is 23.7 Å².